The standard InChI is InChI=1S/C14H23N3/c1-11-9-15-10-13(16-11)17-7-5-12(6-8-17)14(2,3)4/h9-10,12H,5-8H2,1-4H3. The maximum Gasteiger partial charge on any atom is 0.147 e. The molecule has 0 unspecified atom stereocenters. The Bertz CT molecular complexity index is 373. The molecular formula is C14H23N3. The van der Waals surface area contributed by atoms with Crippen molar-refractivity contribution in [3.63, 3.8) is 0 Å². The number of hydrogen-bond acceptors (Lipinski definition) is 3. The molecule has 3 heteroatoms. The van der Waals surface area contributed by atoms with Crippen molar-refractivity contribution < 1.29 is 0 Å². The molecule has 0 spiro atoms. The van der Waals surface area contributed by atoms with Gasteiger partial charge in [-0.05, 0) is 31.1 Å². The average molecular weight is 233 g/mol. The van der Waals surface area contributed by atoms with Crippen LogP contribution in [0.3, 0.4) is 0 Å². The summed E-state index contributed by atoms with van der Waals surface area (Å²) in [6.07, 6.45) is 6.22. The summed E-state index contributed by atoms with van der Waals surface area (Å²) in [6, 6.07) is 0. The Hall–Kier alpha value is -1.12. The molecule has 2 heterocycles. The largest absolute Gasteiger partial charge is 0.355 e. The summed E-state index contributed by atoms with van der Waals surface area (Å²) in [4.78, 5) is 11.1. The van der Waals surface area contributed by atoms with Crippen LogP contribution in [-0.2, 0) is 0 Å². The van der Waals surface area contributed by atoms with Crippen molar-refractivity contribution in [1.29, 1.82) is 0 Å². The molecule has 0 amide bonds. The highest BCUT2D eigenvalue weighted by molar-refractivity contribution is 5.36. The van der Waals surface area contributed by atoms with Gasteiger partial charge in [-0.3, -0.25) is 4.98 Å². The number of nitrogens with zero attached hydrogens (tertiary/aromatic N) is 3. The van der Waals surface area contributed by atoms with Crippen molar-refractivity contribution in [2.75, 3.05) is 18.0 Å². The van der Waals surface area contributed by atoms with Crippen LogP contribution in [0, 0.1) is 18.3 Å². The van der Waals surface area contributed by atoms with E-state index >= 15 is 0 Å². The summed E-state index contributed by atoms with van der Waals surface area (Å²) in [5.41, 5.74) is 1.44. The molecule has 0 radical (unpaired) electrons. The van der Waals surface area contributed by atoms with Gasteiger partial charge in [-0.2, -0.15) is 0 Å². The molecule has 1 aliphatic heterocycles. The van der Waals surface area contributed by atoms with Crippen molar-refractivity contribution >= 4 is 5.82 Å². The third-order valence-electron chi connectivity index (χ3n) is 3.79. The lowest BCUT2D eigenvalue weighted by Crippen LogP contribution is -2.38. The Labute approximate surface area is 104 Å². The zero-order chi connectivity index (χ0) is 12.5. The number of aromatic nitrogens is 2. The van der Waals surface area contributed by atoms with Gasteiger partial charge in [0.15, 0.2) is 0 Å². The minimum atomic E-state index is 0.435. The highest BCUT2D eigenvalue weighted by Gasteiger charge is 2.29. The van der Waals surface area contributed by atoms with E-state index in [4.69, 9.17) is 0 Å². The Balaban J connectivity index is 2.00. The third-order valence-corrected chi connectivity index (χ3v) is 3.79. The summed E-state index contributed by atoms with van der Waals surface area (Å²) in [5, 5.41) is 0. The molecule has 0 atom stereocenters. The van der Waals surface area contributed by atoms with Crippen molar-refractivity contribution in [2.24, 2.45) is 11.3 Å². The predicted molar refractivity (Wildman–Crippen MR) is 71.2 cm³/mol. The van der Waals surface area contributed by atoms with Gasteiger partial charge in [0.2, 0.25) is 0 Å². The van der Waals surface area contributed by atoms with Crippen molar-refractivity contribution in [3.8, 4) is 0 Å². The molecule has 1 saturated heterocycles. The fraction of sp³-hybridized carbons (Fsp3) is 0.714. The van der Waals surface area contributed by atoms with E-state index in [0.29, 0.717) is 5.41 Å². The van der Waals surface area contributed by atoms with Crippen LogP contribution in [0.5, 0.6) is 0 Å². The fourth-order valence-corrected chi connectivity index (χ4v) is 2.58. The van der Waals surface area contributed by atoms with E-state index in [9.17, 15) is 0 Å². The molecule has 3 nitrogen and oxygen atoms in total. The zero-order valence-electron chi connectivity index (χ0n) is 11.4. The van der Waals surface area contributed by atoms with Crippen molar-refractivity contribution in [1.82, 2.24) is 9.97 Å². The van der Waals surface area contributed by atoms with E-state index < -0.39 is 0 Å². The number of rotatable bonds is 1. The van der Waals surface area contributed by atoms with Gasteiger partial charge >= 0.3 is 0 Å². The molecule has 1 aliphatic rings. The minimum absolute atomic E-state index is 0.435. The van der Waals surface area contributed by atoms with Crippen molar-refractivity contribution in [3.05, 3.63) is 18.1 Å². The Morgan fingerprint density at radius 2 is 1.82 bits per heavy atom. The highest BCUT2D eigenvalue weighted by atomic mass is 15.2. The number of aryl methyl sites for hydroxylation is 1. The van der Waals surface area contributed by atoms with Crippen LogP contribution in [0.2, 0.25) is 0 Å². The summed E-state index contributed by atoms with van der Waals surface area (Å²) >= 11 is 0. The van der Waals surface area contributed by atoms with E-state index in [1.807, 2.05) is 19.3 Å². The quantitative estimate of drug-likeness (QED) is 0.746. The predicted octanol–water partition coefficient (Wildman–Crippen LogP) is 3.05. The first-order chi connectivity index (χ1) is 7.97. The second-order valence-corrected chi connectivity index (χ2v) is 6.15. The normalized spacial score (nSPS) is 18.5. The van der Waals surface area contributed by atoms with Gasteiger partial charge in [0.25, 0.3) is 0 Å². The average Bonchev–Trinajstić information content (AvgIpc) is 2.28. The van der Waals surface area contributed by atoms with Crippen LogP contribution in [0.1, 0.15) is 39.3 Å². The summed E-state index contributed by atoms with van der Waals surface area (Å²) in [7, 11) is 0. The number of piperidine rings is 1. The second-order valence-electron chi connectivity index (χ2n) is 6.15. The topological polar surface area (TPSA) is 29.0 Å². The van der Waals surface area contributed by atoms with Crippen LogP contribution in [0.15, 0.2) is 12.4 Å². The first-order valence-corrected chi connectivity index (χ1v) is 6.50. The second kappa shape index (κ2) is 4.63. The number of anilines is 1. The van der Waals surface area contributed by atoms with Gasteiger partial charge in [-0.25, -0.2) is 4.98 Å². The summed E-state index contributed by atoms with van der Waals surface area (Å²) in [5.74, 6) is 1.87. The zero-order valence-corrected chi connectivity index (χ0v) is 11.4. The first kappa shape index (κ1) is 12.3. The molecule has 17 heavy (non-hydrogen) atoms. The smallest absolute Gasteiger partial charge is 0.147 e. The molecule has 0 bridgehead atoms. The molecule has 0 N–H and O–H groups in total. The lowest BCUT2D eigenvalue weighted by atomic mass is 9.75. The van der Waals surface area contributed by atoms with Crippen LogP contribution < -0.4 is 4.90 Å². The fourth-order valence-electron chi connectivity index (χ4n) is 2.58. The van der Waals surface area contributed by atoms with Gasteiger partial charge in [-0.1, -0.05) is 20.8 Å². The van der Waals surface area contributed by atoms with Crippen LogP contribution in [0.4, 0.5) is 5.82 Å². The lowest BCUT2D eigenvalue weighted by Gasteiger charge is -2.39. The molecule has 1 aromatic rings. The van der Waals surface area contributed by atoms with E-state index in [1.54, 1.807) is 0 Å². The van der Waals surface area contributed by atoms with Crippen LogP contribution in [-0.4, -0.2) is 23.1 Å². The molecule has 1 fully saturated rings. The van der Waals surface area contributed by atoms with E-state index in [2.05, 4.69) is 35.6 Å². The Morgan fingerprint density at radius 3 is 2.35 bits per heavy atom. The van der Waals surface area contributed by atoms with Gasteiger partial charge < -0.3 is 4.90 Å². The van der Waals surface area contributed by atoms with Gasteiger partial charge in [-0.15, -0.1) is 0 Å². The Kier molecular flexibility index (Phi) is 3.36. The molecule has 0 saturated carbocycles. The minimum Gasteiger partial charge on any atom is -0.355 e. The molecular weight excluding hydrogens is 210 g/mol. The van der Waals surface area contributed by atoms with Gasteiger partial charge in [0.1, 0.15) is 5.82 Å². The molecule has 94 valence electrons. The van der Waals surface area contributed by atoms with Crippen LogP contribution in [0.25, 0.3) is 0 Å². The maximum atomic E-state index is 4.55. The van der Waals surface area contributed by atoms with Crippen molar-refractivity contribution in [2.45, 2.75) is 40.5 Å². The molecule has 0 aromatic carbocycles. The lowest BCUT2D eigenvalue weighted by molar-refractivity contribution is 0.198. The SMILES string of the molecule is Cc1cncc(N2CCC(C(C)(C)C)CC2)n1. The van der Waals surface area contributed by atoms with E-state index in [0.717, 1.165) is 30.5 Å². The maximum absolute atomic E-state index is 4.55. The van der Waals surface area contributed by atoms with E-state index in [1.165, 1.54) is 12.8 Å². The molecule has 0 aliphatic carbocycles. The Morgan fingerprint density at radius 1 is 1.18 bits per heavy atom. The first-order valence-electron chi connectivity index (χ1n) is 6.50. The monoisotopic (exact) mass is 233 g/mol. The summed E-state index contributed by atoms with van der Waals surface area (Å²) in [6.45, 7) is 11.3. The molecule has 2 rings (SSSR count). The number of hydrogen-bond donors (Lipinski definition) is 0. The van der Waals surface area contributed by atoms with Gasteiger partial charge in [0, 0.05) is 19.3 Å². The molecule has 1 aromatic heterocycles. The summed E-state index contributed by atoms with van der Waals surface area (Å²) < 4.78 is 0. The van der Waals surface area contributed by atoms with Crippen LogP contribution >= 0.6 is 0 Å². The van der Waals surface area contributed by atoms with E-state index in [-0.39, 0.29) is 0 Å². The highest BCUT2D eigenvalue weighted by Crippen LogP contribution is 2.35. The third kappa shape index (κ3) is 2.96. The van der Waals surface area contributed by atoms with Gasteiger partial charge in [0.05, 0.1) is 11.9 Å².